The Hall–Kier alpha value is 0.878. The third kappa shape index (κ3) is 308. The van der Waals surface area contributed by atoms with E-state index in [4.69, 9.17) is 15.7 Å². The van der Waals surface area contributed by atoms with Crippen molar-refractivity contribution in [3.05, 3.63) is 0 Å². The van der Waals surface area contributed by atoms with Crippen LogP contribution in [0.5, 0.6) is 0 Å². The molecule has 0 atom stereocenters. The van der Waals surface area contributed by atoms with Crippen molar-refractivity contribution < 1.29 is 68.3 Å². The van der Waals surface area contributed by atoms with Crippen molar-refractivity contribution in [3.63, 3.8) is 0 Å². The van der Waals surface area contributed by atoms with Gasteiger partial charge in [0.2, 0.25) is 0 Å². The van der Waals surface area contributed by atoms with Crippen molar-refractivity contribution in [3.8, 4) is 0 Å². The molecule has 0 amide bonds. The van der Waals surface area contributed by atoms with Crippen molar-refractivity contribution >= 4 is 0 Å². The molecule has 0 aliphatic carbocycles. The van der Waals surface area contributed by atoms with Crippen LogP contribution < -0.4 is 4.19 Å². The second-order valence-corrected chi connectivity index (χ2v) is 0.243. The van der Waals surface area contributed by atoms with Gasteiger partial charge in [0.25, 0.3) is 0 Å². The van der Waals surface area contributed by atoms with Crippen molar-refractivity contribution in [2.75, 3.05) is 0 Å². The average molecular weight is 250 g/mol. The third-order valence-electron chi connectivity index (χ3n) is 0. The Morgan fingerprint density at radius 2 is 1.38 bits per heavy atom. The van der Waals surface area contributed by atoms with Crippen LogP contribution in [-0.4, -0.2) is 5.48 Å². The summed E-state index contributed by atoms with van der Waals surface area (Å²) in [6.07, 6.45) is 0. The molecule has 0 saturated heterocycles. The summed E-state index contributed by atoms with van der Waals surface area (Å²) in [5, 5.41) is 0. The first kappa shape index (κ1) is 23.2. The fraction of sp³-hybridized carbons (Fsp3) is 0. The zero-order valence-electron chi connectivity index (χ0n) is 3.19. The topological polar surface area (TPSA) is 106 Å². The second-order valence-electron chi connectivity index (χ2n) is 0.0589. The molecule has 0 aliphatic rings. The van der Waals surface area contributed by atoms with E-state index in [1.54, 1.807) is 0 Å². The molecule has 0 unspecified atom stereocenters. The molecule has 0 heterocycles. The summed E-state index contributed by atoms with van der Waals surface area (Å²) in [7, 11) is 0. The number of hydrogen-bond donors (Lipinski definition) is 0. The van der Waals surface area contributed by atoms with Crippen LogP contribution in [0.3, 0.4) is 0 Å². The van der Waals surface area contributed by atoms with E-state index >= 15 is 0 Å². The Balaban J connectivity index is -0.0000000147. The molecule has 0 radical (unpaired) electrons. The Kier molecular flexibility index (Phi) is 306. The minimum absolute atomic E-state index is 0. The summed E-state index contributed by atoms with van der Waals surface area (Å²) < 4.78 is 32.8. The second kappa shape index (κ2) is 106. The van der Waals surface area contributed by atoms with Gasteiger partial charge in [-0.2, -0.15) is 0 Å². The van der Waals surface area contributed by atoms with Crippen LogP contribution in [0.25, 0.3) is 0 Å². The van der Waals surface area contributed by atoms with Crippen LogP contribution in [0.15, 0.2) is 0 Å². The molecule has 0 fully saturated rings. The molecule has 0 bridgehead atoms. The van der Waals surface area contributed by atoms with E-state index in [1.165, 1.54) is 0 Å². The van der Waals surface area contributed by atoms with Gasteiger partial charge < -0.3 is 5.48 Å². The van der Waals surface area contributed by atoms with Gasteiger partial charge >= 0.3 is 62.8 Å². The van der Waals surface area contributed by atoms with Crippen LogP contribution in [0.1, 0.15) is 0 Å². The van der Waals surface area contributed by atoms with E-state index in [0.29, 0.717) is 0 Å². The zero-order chi connectivity index (χ0) is 6.71. The summed E-state index contributed by atoms with van der Waals surface area (Å²) in [6, 6.07) is 0. The molecule has 0 aromatic carbocycles. The monoisotopic (exact) mass is 250 g/mol. The molecule has 0 saturated carbocycles. The zero-order valence-corrected chi connectivity index (χ0v) is 6.51. The molecular weight excluding hydrogens is 248 g/mol. The molecule has 0 spiro atoms. The van der Waals surface area contributed by atoms with Crippen LogP contribution in [0.4, 0.5) is 0 Å². The predicted molar refractivity (Wildman–Crippen MR) is 5.67 cm³/mol. The van der Waals surface area contributed by atoms with E-state index in [9.17, 15) is 0 Å². The maximum absolute atomic E-state index is 8.38. The summed E-state index contributed by atoms with van der Waals surface area (Å²) in [5.41, 5.74) is 0. The molecule has 0 aliphatic heterocycles. The van der Waals surface area contributed by atoms with Gasteiger partial charge in [0, 0.05) is 0 Å². The van der Waals surface area contributed by atoms with E-state index in [1.807, 2.05) is 31.9 Å². The fourth-order valence-corrected chi connectivity index (χ4v) is 0. The van der Waals surface area contributed by atoms with Gasteiger partial charge in [0.05, 0.1) is 0 Å². The first-order valence-electron chi connectivity index (χ1n) is 0.577. The summed E-state index contributed by atoms with van der Waals surface area (Å²) >= 11 is 2.75. The standard InChI is InChI=1S/3Fe.H2O.4O/h;;;1H2;;;;/q;;+1;;;;;-1. The summed E-state index contributed by atoms with van der Waals surface area (Å²) in [4.78, 5) is 0. The molecule has 2 N–H and O–H groups in total. The predicted octanol–water partition coefficient (Wildman–Crippen LogP) is -2.38. The van der Waals surface area contributed by atoms with E-state index in [-0.39, 0.29) is 5.48 Å². The van der Waals surface area contributed by atoms with Crippen molar-refractivity contribution in [1.82, 2.24) is 0 Å². The Morgan fingerprint density at radius 3 is 1.38 bits per heavy atom. The molecule has 0 aromatic rings. The SMILES string of the molecule is O.[O]=[Fe+].[O]=[Fe].[O]=[Fe][O-]. The Bertz CT molecular complexity index is 26.9. The summed E-state index contributed by atoms with van der Waals surface area (Å²) in [6.45, 7) is 0. The van der Waals surface area contributed by atoms with Gasteiger partial charge in [-0.25, -0.2) is 0 Å². The van der Waals surface area contributed by atoms with Gasteiger partial charge in [-0.15, -0.1) is 0 Å². The maximum atomic E-state index is 8.38. The van der Waals surface area contributed by atoms with E-state index < -0.39 is 15.2 Å². The van der Waals surface area contributed by atoms with Crippen LogP contribution in [0.2, 0.25) is 0 Å². The molecular formula is H2Fe3O5. The Labute approximate surface area is 68.2 Å². The van der Waals surface area contributed by atoms with Crippen molar-refractivity contribution in [2.45, 2.75) is 0 Å². The molecule has 8 heavy (non-hydrogen) atoms. The first-order chi connectivity index (χ1) is 3.41. The average Bonchev–Trinajstić information content (AvgIpc) is 1.78. The minimum atomic E-state index is -1.25. The van der Waals surface area contributed by atoms with Crippen LogP contribution >= 0.6 is 0 Å². The van der Waals surface area contributed by atoms with Gasteiger partial charge in [0.1, 0.15) is 0 Å². The van der Waals surface area contributed by atoms with Gasteiger partial charge in [-0.05, 0) is 0 Å². The van der Waals surface area contributed by atoms with E-state index in [0.717, 1.165) is 0 Å². The van der Waals surface area contributed by atoms with Crippen LogP contribution in [-0.2, 0) is 58.6 Å². The Morgan fingerprint density at radius 1 is 1.38 bits per heavy atom. The van der Waals surface area contributed by atoms with Gasteiger partial charge in [-0.3, -0.25) is 0 Å². The molecule has 0 aromatic heterocycles. The fourth-order valence-electron chi connectivity index (χ4n) is 0. The number of hydrogen-bond acceptors (Lipinski definition) is 4. The normalized spacial score (nSPS) is 3.25. The van der Waals surface area contributed by atoms with Gasteiger partial charge in [-0.1, -0.05) is 0 Å². The first-order valence-corrected chi connectivity index (χ1v) is 2.38. The van der Waals surface area contributed by atoms with Crippen LogP contribution in [0, 0.1) is 0 Å². The number of rotatable bonds is 0. The van der Waals surface area contributed by atoms with Crippen molar-refractivity contribution in [2.24, 2.45) is 0 Å². The third-order valence-corrected chi connectivity index (χ3v) is 0. The quantitative estimate of drug-likeness (QED) is 0.447. The molecule has 5 nitrogen and oxygen atoms in total. The summed E-state index contributed by atoms with van der Waals surface area (Å²) in [5.74, 6) is 0. The molecule has 0 rings (SSSR count). The van der Waals surface area contributed by atoms with Gasteiger partial charge in [0.15, 0.2) is 0 Å². The van der Waals surface area contributed by atoms with E-state index in [2.05, 4.69) is 0 Å². The molecule has 8 heteroatoms. The molecule has 56 valence electrons. The van der Waals surface area contributed by atoms with Crippen molar-refractivity contribution in [1.29, 1.82) is 0 Å².